The molecule has 0 saturated carbocycles. The Morgan fingerprint density at radius 2 is 2.20 bits per heavy atom. The van der Waals surface area contributed by atoms with E-state index >= 15 is 0 Å². The second-order valence-electron chi connectivity index (χ2n) is 4.88. The van der Waals surface area contributed by atoms with E-state index in [1.807, 2.05) is 18.2 Å². The number of ether oxygens (including phenoxy) is 2. The molecule has 4 heteroatoms. The lowest BCUT2D eigenvalue weighted by Gasteiger charge is -2.15. The molecular weight excluding hydrogens is 270 g/mol. The van der Waals surface area contributed by atoms with Crippen LogP contribution in [0.4, 0.5) is 5.69 Å². The van der Waals surface area contributed by atoms with Crippen molar-refractivity contribution >= 4 is 17.0 Å². The first-order valence-electron chi connectivity index (χ1n) is 7.01. The molecule has 0 bridgehead atoms. The van der Waals surface area contributed by atoms with Gasteiger partial charge in [-0.05, 0) is 36.4 Å². The van der Waals surface area contributed by atoms with E-state index in [1.54, 1.807) is 11.3 Å². The largest absolute Gasteiger partial charge is 0.489 e. The Bertz CT molecular complexity index is 521. The number of hydrogen-bond donors (Lipinski definition) is 1. The predicted molar refractivity (Wildman–Crippen MR) is 82.6 cm³/mol. The minimum Gasteiger partial charge on any atom is -0.489 e. The van der Waals surface area contributed by atoms with Crippen LogP contribution < -0.4 is 10.1 Å². The van der Waals surface area contributed by atoms with Crippen LogP contribution in [-0.2, 0) is 11.3 Å². The van der Waals surface area contributed by atoms with Crippen molar-refractivity contribution in [2.24, 2.45) is 0 Å². The lowest BCUT2D eigenvalue weighted by Crippen LogP contribution is -2.16. The number of hydrogen-bond acceptors (Lipinski definition) is 4. The van der Waals surface area contributed by atoms with Gasteiger partial charge in [0.15, 0.2) is 0 Å². The van der Waals surface area contributed by atoms with E-state index in [9.17, 15) is 0 Å². The van der Waals surface area contributed by atoms with Gasteiger partial charge in [-0.1, -0.05) is 18.2 Å². The Balaban J connectivity index is 1.58. The van der Waals surface area contributed by atoms with Gasteiger partial charge in [0.1, 0.15) is 12.4 Å². The normalized spacial score (nSPS) is 18.1. The first-order valence-corrected chi connectivity index (χ1v) is 7.89. The minimum atomic E-state index is 0.250. The molecule has 1 aromatic heterocycles. The van der Waals surface area contributed by atoms with Gasteiger partial charge in [-0.2, -0.15) is 0 Å². The Hall–Kier alpha value is -1.52. The standard InChI is InChI=1S/C16H19NO2S/c1-2-8-16(19-12-13-5-3-9-18-13)15(7-1)17-11-14-6-4-10-20-14/h1-2,4,6-8,10,13,17H,3,5,9,11-12H2. The number of para-hydroxylation sites is 2. The fraction of sp³-hybridized carbons (Fsp3) is 0.375. The topological polar surface area (TPSA) is 30.5 Å². The van der Waals surface area contributed by atoms with Gasteiger partial charge in [0.05, 0.1) is 11.8 Å². The summed E-state index contributed by atoms with van der Waals surface area (Å²) in [5.74, 6) is 0.902. The molecule has 20 heavy (non-hydrogen) atoms. The molecule has 0 amide bonds. The molecular formula is C16H19NO2S. The summed E-state index contributed by atoms with van der Waals surface area (Å²) in [5.41, 5.74) is 1.04. The average Bonchev–Trinajstić information content (AvgIpc) is 3.17. The maximum Gasteiger partial charge on any atom is 0.142 e. The molecule has 0 aliphatic carbocycles. The smallest absolute Gasteiger partial charge is 0.142 e. The average molecular weight is 289 g/mol. The number of thiophene rings is 1. The van der Waals surface area contributed by atoms with Gasteiger partial charge in [-0.15, -0.1) is 11.3 Å². The van der Waals surface area contributed by atoms with Crippen LogP contribution in [0.1, 0.15) is 17.7 Å². The highest BCUT2D eigenvalue weighted by molar-refractivity contribution is 7.09. The first-order chi connectivity index (χ1) is 9.92. The molecule has 1 aromatic carbocycles. The van der Waals surface area contributed by atoms with Crippen molar-refractivity contribution < 1.29 is 9.47 Å². The summed E-state index contributed by atoms with van der Waals surface area (Å²) >= 11 is 1.76. The molecule has 3 rings (SSSR count). The van der Waals surface area contributed by atoms with Crippen molar-refractivity contribution in [3.63, 3.8) is 0 Å². The third-order valence-electron chi connectivity index (χ3n) is 3.37. The molecule has 2 heterocycles. The van der Waals surface area contributed by atoms with Gasteiger partial charge >= 0.3 is 0 Å². The van der Waals surface area contributed by atoms with E-state index in [4.69, 9.17) is 9.47 Å². The van der Waals surface area contributed by atoms with E-state index in [0.717, 1.165) is 37.4 Å². The van der Waals surface area contributed by atoms with E-state index in [2.05, 4.69) is 28.9 Å². The zero-order valence-corrected chi connectivity index (χ0v) is 12.2. The highest BCUT2D eigenvalue weighted by atomic mass is 32.1. The summed E-state index contributed by atoms with van der Waals surface area (Å²) in [6.45, 7) is 2.34. The molecule has 1 N–H and O–H groups in total. The van der Waals surface area contributed by atoms with Crippen LogP contribution in [0.15, 0.2) is 41.8 Å². The highest BCUT2D eigenvalue weighted by Crippen LogP contribution is 2.26. The molecule has 0 spiro atoms. The zero-order chi connectivity index (χ0) is 13.6. The Morgan fingerprint density at radius 1 is 1.25 bits per heavy atom. The molecule has 1 aliphatic rings. The summed E-state index contributed by atoms with van der Waals surface area (Å²) in [6.07, 6.45) is 2.50. The van der Waals surface area contributed by atoms with Crippen molar-refractivity contribution in [3.05, 3.63) is 46.7 Å². The van der Waals surface area contributed by atoms with Gasteiger partial charge < -0.3 is 14.8 Å². The third-order valence-corrected chi connectivity index (χ3v) is 4.25. The summed E-state index contributed by atoms with van der Waals surface area (Å²) < 4.78 is 11.5. The predicted octanol–water partition coefficient (Wildman–Crippen LogP) is 3.92. The van der Waals surface area contributed by atoms with Crippen molar-refractivity contribution in [2.75, 3.05) is 18.5 Å². The molecule has 0 radical (unpaired) electrons. The number of nitrogens with one attached hydrogen (secondary N) is 1. The van der Waals surface area contributed by atoms with E-state index in [0.29, 0.717) is 6.61 Å². The van der Waals surface area contributed by atoms with Crippen LogP contribution in [0, 0.1) is 0 Å². The van der Waals surface area contributed by atoms with Gasteiger partial charge in [-0.3, -0.25) is 0 Å². The molecule has 1 unspecified atom stereocenters. The quantitative estimate of drug-likeness (QED) is 0.874. The van der Waals surface area contributed by atoms with Gasteiger partial charge in [-0.25, -0.2) is 0 Å². The maximum absolute atomic E-state index is 5.91. The fourth-order valence-electron chi connectivity index (χ4n) is 2.29. The second kappa shape index (κ2) is 6.77. The fourth-order valence-corrected chi connectivity index (χ4v) is 2.94. The third kappa shape index (κ3) is 3.52. The monoisotopic (exact) mass is 289 g/mol. The first kappa shape index (κ1) is 13.5. The molecule has 1 aliphatic heterocycles. The molecule has 1 atom stereocenters. The number of rotatable bonds is 6. The van der Waals surface area contributed by atoms with Crippen LogP contribution in [0.2, 0.25) is 0 Å². The maximum atomic E-state index is 5.91. The highest BCUT2D eigenvalue weighted by Gasteiger charge is 2.16. The van der Waals surface area contributed by atoms with E-state index < -0.39 is 0 Å². The summed E-state index contributed by atoms with van der Waals surface area (Å²) in [4.78, 5) is 1.32. The van der Waals surface area contributed by atoms with E-state index in [-0.39, 0.29) is 6.10 Å². The molecule has 3 nitrogen and oxygen atoms in total. The second-order valence-corrected chi connectivity index (χ2v) is 5.91. The minimum absolute atomic E-state index is 0.250. The molecule has 1 saturated heterocycles. The van der Waals surface area contributed by atoms with Crippen molar-refractivity contribution in [1.82, 2.24) is 0 Å². The Kier molecular flexibility index (Phi) is 4.56. The van der Waals surface area contributed by atoms with Gasteiger partial charge in [0.25, 0.3) is 0 Å². The Labute approximate surface area is 123 Å². The van der Waals surface area contributed by atoms with Crippen LogP contribution >= 0.6 is 11.3 Å². The van der Waals surface area contributed by atoms with Gasteiger partial charge in [0.2, 0.25) is 0 Å². The lowest BCUT2D eigenvalue weighted by atomic mass is 10.2. The summed E-state index contributed by atoms with van der Waals surface area (Å²) in [7, 11) is 0. The molecule has 106 valence electrons. The van der Waals surface area contributed by atoms with Crippen molar-refractivity contribution in [2.45, 2.75) is 25.5 Å². The summed E-state index contributed by atoms with van der Waals surface area (Å²) in [6, 6.07) is 12.3. The van der Waals surface area contributed by atoms with Crippen LogP contribution in [0.3, 0.4) is 0 Å². The SMILES string of the molecule is c1csc(CNc2ccccc2OCC2CCCO2)c1. The van der Waals surface area contributed by atoms with Crippen LogP contribution in [-0.4, -0.2) is 19.3 Å². The van der Waals surface area contributed by atoms with Crippen molar-refractivity contribution in [3.8, 4) is 5.75 Å². The van der Waals surface area contributed by atoms with Gasteiger partial charge in [0, 0.05) is 18.0 Å². The summed E-state index contributed by atoms with van der Waals surface area (Å²) in [5, 5.41) is 5.53. The van der Waals surface area contributed by atoms with Crippen LogP contribution in [0.5, 0.6) is 5.75 Å². The zero-order valence-electron chi connectivity index (χ0n) is 11.4. The van der Waals surface area contributed by atoms with Crippen LogP contribution in [0.25, 0.3) is 0 Å². The molecule has 2 aromatic rings. The molecule has 1 fully saturated rings. The number of anilines is 1. The number of benzene rings is 1. The van der Waals surface area contributed by atoms with E-state index in [1.165, 1.54) is 4.88 Å². The van der Waals surface area contributed by atoms with Crippen molar-refractivity contribution in [1.29, 1.82) is 0 Å². The Morgan fingerprint density at radius 3 is 3.00 bits per heavy atom. The lowest BCUT2D eigenvalue weighted by molar-refractivity contribution is 0.0682.